The molecule has 0 heterocycles. The minimum atomic E-state index is -0.999. The highest BCUT2D eigenvalue weighted by atomic mass is 127. The molecule has 2 rings (SSSR count). The van der Waals surface area contributed by atoms with Gasteiger partial charge in [0.1, 0.15) is 0 Å². The zero-order valence-corrected chi connectivity index (χ0v) is 12.6. The molecule has 0 aliphatic rings. The van der Waals surface area contributed by atoms with Crippen LogP contribution in [0.25, 0.3) is 0 Å². The lowest BCUT2D eigenvalue weighted by atomic mass is 10.1. The molecule has 2 aromatic carbocycles. The summed E-state index contributed by atoms with van der Waals surface area (Å²) in [7, 11) is 0. The Labute approximate surface area is 130 Å². The second-order valence-electron chi connectivity index (χ2n) is 4.17. The summed E-state index contributed by atoms with van der Waals surface area (Å²) in [4.78, 5) is 22.7. The average Bonchev–Trinajstić information content (AvgIpc) is 2.46. The first-order chi connectivity index (χ1) is 9.56. The van der Waals surface area contributed by atoms with Gasteiger partial charge in [0, 0.05) is 14.8 Å². The predicted octanol–water partition coefficient (Wildman–Crippen LogP) is 3.28. The fourth-order valence-electron chi connectivity index (χ4n) is 1.65. The number of ketones is 1. The van der Waals surface area contributed by atoms with E-state index in [1.807, 2.05) is 24.3 Å². The van der Waals surface area contributed by atoms with Gasteiger partial charge in [0.05, 0.1) is 12.1 Å². The van der Waals surface area contributed by atoms with Crippen molar-refractivity contribution >= 4 is 40.0 Å². The van der Waals surface area contributed by atoms with Crippen molar-refractivity contribution in [3.05, 3.63) is 63.2 Å². The van der Waals surface area contributed by atoms with Crippen LogP contribution in [0.15, 0.2) is 48.5 Å². The van der Waals surface area contributed by atoms with Crippen LogP contribution in [0.5, 0.6) is 0 Å². The fourth-order valence-corrected chi connectivity index (χ4v) is 2.01. The van der Waals surface area contributed by atoms with Gasteiger partial charge in [-0.3, -0.25) is 4.79 Å². The Bertz CT molecular complexity index is 621. The molecular formula is C15H12INO3. The number of anilines is 1. The van der Waals surface area contributed by atoms with Crippen LogP contribution in [-0.2, 0) is 0 Å². The Hall–Kier alpha value is -1.89. The molecule has 0 amide bonds. The molecule has 20 heavy (non-hydrogen) atoms. The number of hydrogen-bond acceptors (Lipinski definition) is 3. The van der Waals surface area contributed by atoms with Crippen molar-refractivity contribution in [3.63, 3.8) is 0 Å². The van der Waals surface area contributed by atoms with Crippen molar-refractivity contribution in [1.29, 1.82) is 0 Å². The van der Waals surface area contributed by atoms with Crippen molar-refractivity contribution in [3.8, 4) is 0 Å². The zero-order chi connectivity index (χ0) is 14.5. The van der Waals surface area contributed by atoms with Crippen LogP contribution < -0.4 is 5.32 Å². The molecule has 0 bridgehead atoms. The monoisotopic (exact) mass is 381 g/mol. The highest BCUT2D eigenvalue weighted by Gasteiger charge is 2.07. The maximum absolute atomic E-state index is 12.0. The number of aromatic carboxylic acids is 1. The van der Waals surface area contributed by atoms with Crippen molar-refractivity contribution < 1.29 is 14.7 Å². The van der Waals surface area contributed by atoms with E-state index in [0.29, 0.717) is 5.56 Å². The number of nitrogens with one attached hydrogen (secondary N) is 1. The van der Waals surface area contributed by atoms with E-state index in [2.05, 4.69) is 27.9 Å². The number of Topliss-reactive ketones (excluding diaryl/α,β-unsaturated/α-hetero) is 1. The van der Waals surface area contributed by atoms with Gasteiger partial charge in [0.25, 0.3) is 0 Å². The Morgan fingerprint density at radius 3 is 2.05 bits per heavy atom. The molecule has 4 nitrogen and oxygen atoms in total. The van der Waals surface area contributed by atoms with E-state index in [-0.39, 0.29) is 17.9 Å². The number of carboxylic acids is 1. The molecule has 0 unspecified atom stereocenters. The molecular weight excluding hydrogens is 369 g/mol. The Balaban J connectivity index is 1.97. The lowest BCUT2D eigenvalue weighted by molar-refractivity contribution is 0.0696. The van der Waals surface area contributed by atoms with Crippen molar-refractivity contribution in [1.82, 2.24) is 0 Å². The first kappa shape index (κ1) is 14.5. The molecule has 0 saturated carbocycles. The topological polar surface area (TPSA) is 66.4 Å². The maximum atomic E-state index is 12.0. The molecule has 5 heteroatoms. The Morgan fingerprint density at radius 2 is 1.50 bits per heavy atom. The van der Waals surface area contributed by atoms with Crippen LogP contribution in [0.3, 0.4) is 0 Å². The SMILES string of the molecule is O=C(O)c1ccc(C(=O)CNc2ccc(I)cc2)cc1. The van der Waals surface area contributed by atoms with Gasteiger partial charge in [-0.05, 0) is 59.0 Å². The normalized spacial score (nSPS) is 10.1. The number of hydrogen-bond donors (Lipinski definition) is 2. The number of carboxylic acid groups (broad SMARTS) is 1. The van der Waals surface area contributed by atoms with Gasteiger partial charge in [-0.1, -0.05) is 12.1 Å². The van der Waals surface area contributed by atoms with Gasteiger partial charge < -0.3 is 10.4 Å². The van der Waals surface area contributed by atoms with Gasteiger partial charge in [-0.2, -0.15) is 0 Å². The van der Waals surface area contributed by atoms with E-state index in [0.717, 1.165) is 9.26 Å². The minimum absolute atomic E-state index is 0.0829. The van der Waals surface area contributed by atoms with E-state index < -0.39 is 5.97 Å². The van der Waals surface area contributed by atoms with Crippen LogP contribution in [0.4, 0.5) is 5.69 Å². The summed E-state index contributed by atoms with van der Waals surface area (Å²) in [5.74, 6) is -1.08. The number of halogens is 1. The summed E-state index contributed by atoms with van der Waals surface area (Å²) in [5.41, 5.74) is 1.54. The predicted molar refractivity (Wildman–Crippen MR) is 85.4 cm³/mol. The molecule has 0 atom stereocenters. The minimum Gasteiger partial charge on any atom is -0.478 e. The summed E-state index contributed by atoms with van der Waals surface area (Å²) >= 11 is 2.21. The average molecular weight is 381 g/mol. The van der Waals surface area contributed by atoms with Gasteiger partial charge in [0.2, 0.25) is 0 Å². The van der Waals surface area contributed by atoms with Gasteiger partial charge in [0.15, 0.2) is 5.78 Å². The van der Waals surface area contributed by atoms with Crippen LogP contribution in [0, 0.1) is 3.57 Å². The van der Waals surface area contributed by atoms with Gasteiger partial charge in [-0.15, -0.1) is 0 Å². The second-order valence-corrected chi connectivity index (χ2v) is 5.41. The van der Waals surface area contributed by atoms with E-state index in [4.69, 9.17) is 5.11 Å². The van der Waals surface area contributed by atoms with Crippen LogP contribution in [0.1, 0.15) is 20.7 Å². The third-order valence-corrected chi connectivity index (χ3v) is 3.47. The summed E-state index contributed by atoms with van der Waals surface area (Å²) in [6.45, 7) is 0.174. The Kier molecular flexibility index (Phi) is 4.73. The lowest BCUT2D eigenvalue weighted by Crippen LogP contribution is -2.14. The van der Waals surface area contributed by atoms with Crippen molar-refractivity contribution in [2.75, 3.05) is 11.9 Å². The number of carbonyl (C=O) groups excluding carboxylic acids is 1. The zero-order valence-electron chi connectivity index (χ0n) is 10.5. The molecule has 0 aromatic heterocycles. The summed E-state index contributed by atoms with van der Waals surface area (Å²) in [5, 5.41) is 11.8. The molecule has 0 radical (unpaired) electrons. The van der Waals surface area contributed by atoms with Crippen LogP contribution in [0.2, 0.25) is 0 Å². The van der Waals surface area contributed by atoms with Crippen LogP contribution in [-0.4, -0.2) is 23.4 Å². The molecule has 0 fully saturated rings. The van der Waals surface area contributed by atoms with Gasteiger partial charge >= 0.3 is 5.97 Å². The first-order valence-corrected chi connectivity index (χ1v) is 7.00. The third-order valence-electron chi connectivity index (χ3n) is 2.75. The van der Waals surface area contributed by atoms with E-state index in [1.165, 1.54) is 24.3 Å². The number of benzene rings is 2. The summed E-state index contributed by atoms with van der Waals surface area (Å²) in [6, 6.07) is 13.6. The van der Waals surface area contributed by atoms with Crippen LogP contribution >= 0.6 is 22.6 Å². The molecule has 102 valence electrons. The second kappa shape index (κ2) is 6.51. The molecule has 0 aliphatic heterocycles. The molecule has 2 aromatic rings. The highest BCUT2D eigenvalue weighted by molar-refractivity contribution is 14.1. The number of rotatable bonds is 5. The smallest absolute Gasteiger partial charge is 0.335 e. The lowest BCUT2D eigenvalue weighted by Gasteiger charge is -2.06. The molecule has 0 aliphatic carbocycles. The standard InChI is InChI=1S/C15H12INO3/c16-12-5-7-13(8-6-12)17-9-14(18)10-1-3-11(4-2-10)15(19)20/h1-8,17H,9H2,(H,19,20). The number of carbonyl (C=O) groups is 2. The largest absolute Gasteiger partial charge is 0.478 e. The summed E-state index contributed by atoms with van der Waals surface area (Å²) in [6.07, 6.45) is 0. The van der Waals surface area contributed by atoms with E-state index >= 15 is 0 Å². The molecule has 0 saturated heterocycles. The van der Waals surface area contributed by atoms with E-state index in [1.54, 1.807) is 0 Å². The quantitative estimate of drug-likeness (QED) is 0.616. The maximum Gasteiger partial charge on any atom is 0.335 e. The van der Waals surface area contributed by atoms with Gasteiger partial charge in [-0.25, -0.2) is 4.79 Å². The van der Waals surface area contributed by atoms with Crippen molar-refractivity contribution in [2.24, 2.45) is 0 Å². The molecule has 2 N–H and O–H groups in total. The third kappa shape index (κ3) is 3.80. The fraction of sp³-hybridized carbons (Fsp3) is 0.0667. The summed E-state index contributed by atoms with van der Waals surface area (Å²) < 4.78 is 1.13. The Morgan fingerprint density at radius 1 is 0.950 bits per heavy atom. The molecule has 0 spiro atoms. The van der Waals surface area contributed by atoms with Crippen molar-refractivity contribution in [2.45, 2.75) is 0 Å². The first-order valence-electron chi connectivity index (χ1n) is 5.92. The highest BCUT2D eigenvalue weighted by Crippen LogP contribution is 2.11. The van der Waals surface area contributed by atoms with E-state index in [9.17, 15) is 9.59 Å².